The summed E-state index contributed by atoms with van der Waals surface area (Å²) in [6.45, 7) is 3.12. The summed E-state index contributed by atoms with van der Waals surface area (Å²) < 4.78 is 5.20. The molecule has 0 fully saturated rings. The molecule has 0 aliphatic rings. The molecule has 0 bridgehead atoms. The number of aromatic nitrogens is 1. The number of nitrogens with zero attached hydrogens (tertiary/aromatic N) is 1. The number of carbonyl (C=O) groups is 2. The van der Waals surface area contributed by atoms with E-state index in [0.717, 1.165) is 35.1 Å². The number of rotatable bonds is 8. The summed E-state index contributed by atoms with van der Waals surface area (Å²) in [7, 11) is 1.61. The molecule has 0 atom stereocenters. The number of benzene rings is 2. The number of amides is 2. The van der Waals surface area contributed by atoms with Crippen molar-refractivity contribution >= 4 is 22.7 Å². The number of pyridine rings is 1. The third-order valence-electron chi connectivity index (χ3n) is 4.61. The fourth-order valence-electron chi connectivity index (χ4n) is 2.88. The van der Waals surface area contributed by atoms with Crippen LogP contribution in [0.2, 0.25) is 0 Å². The second-order valence-corrected chi connectivity index (χ2v) is 6.74. The minimum Gasteiger partial charge on any atom is -0.497 e. The van der Waals surface area contributed by atoms with Crippen molar-refractivity contribution in [3.05, 3.63) is 71.4 Å². The zero-order valence-corrected chi connectivity index (χ0v) is 16.7. The van der Waals surface area contributed by atoms with Crippen LogP contribution in [-0.2, 0) is 6.54 Å². The van der Waals surface area contributed by atoms with Gasteiger partial charge in [-0.1, -0.05) is 31.5 Å². The van der Waals surface area contributed by atoms with Gasteiger partial charge in [-0.2, -0.15) is 0 Å². The van der Waals surface area contributed by atoms with Crippen molar-refractivity contribution in [1.29, 1.82) is 0 Å². The van der Waals surface area contributed by atoms with Crippen LogP contribution in [0.5, 0.6) is 5.75 Å². The minimum absolute atomic E-state index is 0.0778. The average Bonchev–Trinajstić information content (AvgIpc) is 2.77. The molecule has 6 heteroatoms. The third kappa shape index (κ3) is 5.31. The van der Waals surface area contributed by atoms with Gasteiger partial charge in [-0.05, 0) is 48.4 Å². The van der Waals surface area contributed by atoms with Gasteiger partial charge >= 0.3 is 0 Å². The molecule has 3 rings (SSSR count). The first kappa shape index (κ1) is 20.3. The van der Waals surface area contributed by atoms with Crippen molar-refractivity contribution in [2.24, 2.45) is 0 Å². The zero-order chi connectivity index (χ0) is 20.6. The monoisotopic (exact) mass is 391 g/mol. The van der Waals surface area contributed by atoms with Crippen molar-refractivity contribution in [3.63, 3.8) is 0 Å². The number of ether oxygens (including phenoxy) is 1. The molecule has 0 aliphatic heterocycles. The summed E-state index contributed by atoms with van der Waals surface area (Å²) in [6, 6.07) is 16.3. The maximum atomic E-state index is 12.4. The first-order valence-electron chi connectivity index (χ1n) is 9.71. The Morgan fingerprint density at radius 3 is 2.48 bits per heavy atom. The lowest BCUT2D eigenvalue weighted by atomic mass is 10.1. The highest BCUT2D eigenvalue weighted by Crippen LogP contribution is 2.19. The van der Waals surface area contributed by atoms with E-state index in [1.54, 1.807) is 25.3 Å². The Kier molecular flexibility index (Phi) is 6.79. The van der Waals surface area contributed by atoms with Crippen LogP contribution in [-0.4, -0.2) is 30.5 Å². The largest absolute Gasteiger partial charge is 0.497 e. The van der Waals surface area contributed by atoms with Crippen LogP contribution in [0.3, 0.4) is 0 Å². The van der Waals surface area contributed by atoms with Gasteiger partial charge in [0.15, 0.2) is 0 Å². The van der Waals surface area contributed by atoms with E-state index in [9.17, 15) is 9.59 Å². The van der Waals surface area contributed by atoms with Gasteiger partial charge in [0.25, 0.3) is 11.8 Å². The third-order valence-corrected chi connectivity index (χ3v) is 4.61. The lowest BCUT2D eigenvalue weighted by molar-refractivity contribution is 0.0940. The summed E-state index contributed by atoms with van der Waals surface area (Å²) in [5.41, 5.74) is 2.61. The highest BCUT2D eigenvalue weighted by molar-refractivity contribution is 5.95. The summed E-state index contributed by atoms with van der Waals surface area (Å²) in [4.78, 5) is 28.9. The van der Waals surface area contributed by atoms with E-state index in [-0.39, 0.29) is 11.8 Å². The number of hydrogen-bond donors (Lipinski definition) is 2. The Labute approximate surface area is 170 Å². The molecule has 0 radical (unpaired) electrons. The molecule has 1 heterocycles. The van der Waals surface area contributed by atoms with Gasteiger partial charge in [0.2, 0.25) is 0 Å². The van der Waals surface area contributed by atoms with Crippen molar-refractivity contribution in [2.45, 2.75) is 26.3 Å². The van der Waals surface area contributed by atoms with E-state index in [2.05, 4.69) is 22.5 Å². The van der Waals surface area contributed by atoms with Gasteiger partial charge in [-0.25, -0.2) is 4.98 Å². The van der Waals surface area contributed by atoms with Crippen LogP contribution in [0, 0.1) is 0 Å². The van der Waals surface area contributed by atoms with Crippen LogP contribution in [0.4, 0.5) is 0 Å². The Balaban J connectivity index is 1.58. The zero-order valence-electron chi connectivity index (χ0n) is 16.7. The summed E-state index contributed by atoms with van der Waals surface area (Å²) in [5, 5.41) is 6.67. The molecular weight excluding hydrogens is 366 g/mol. The quantitative estimate of drug-likeness (QED) is 0.574. The number of nitrogens with one attached hydrogen (secondary N) is 2. The van der Waals surface area contributed by atoms with Gasteiger partial charge in [0.05, 0.1) is 12.6 Å². The molecule has 0 spiro atoms. The lowest BCUT2D eigenvalue weighted by Gasteiger charge is -2.08. The van der Waals surface area contributed by atoms with Crippen molar-refractivity contribution < 1.29 is 14.3 Å². The number of hydrogen-bond acceptors (Lipinski definition) is 4. The second kappa shape index (κ2) is 9.68. The molecule has 3 aromatic rings. The number of unbranched alkanes of at least 4 members (excludes halogenated alkanes) is 1. The van der Waals surface area contributed by atoms with Gasteiger partial charge in [-0.15, -0.1) is 0 Å². The van der Waals surface area contributed by atoms with E-state index in [1.165, 1.54) is 0 Å². The summed E-state index contributed by atoms with van der Waals surface area (Å²) >= 11 is 0. The van der Waals surface area contributed by atoms with Crippen LogP contribution in [0.25, 0.3) is 10.9 Å². The van der Waals surface area contributed by atoms with E-state index >= 15 is 0 Å². The first-order chi connectivity index (χ1) is 14.1. The topological polar surface area (TPSA) is 80.3 Å². The molecule has 29 heavy (non-hydrogen) atoms. The van der Waals surface area contributed by atoms with Crippen molar-refractivity contribution in [2.75, 3.05) is 13.7 Å². The van der Waals surface area contributed by atoms with Crippen LogP contribution in [0.15, 0.2) is 54.6 Å². The van der Waals surface area contributed by atoms with E-state index in [0.29, 0.717) is 24.3 Å². The van der Waals surface area contributed by atoms with Crippen molar-refractivity contribution in [1.82, 2.24) is 15.6 Å². The predicted octanol–water partition coefficient (Wildman–Crippen LogP) is 3.70. The maximum Gasteiger partial charge on any atom is 0.270 e. The molecular formula is C23H25N3O3. The summed E-state index contributed by atoms with van der Waals surface area (Å²) in [6.07, 6.45) is 2.01. The molecule has 0 unspecified atom stereocenters. The summed E-state index contributed by atoms with van der Waals surface area (Å²) in [5.74, 6) is 0.425. The average molecular weight is 391 g/mol. The Morgan fingerprint density at radius 2 is 1.76 bits per heavy atom. The molecule has 2 N–H and O–H groups in total. The lowest BCUT2D eigenvalue weighted by Crippen LogP contribution is -2.25. The normalized spacial score (nSPS) is 10.6. The van der Waals surface area contributed by atoms with Gasteiger partial charge in [-0.3, -0.25) is 9.59 Å². The van der Waals surface area contributed by atoms with E-state index < -0.39 is 0 Å². The fraction of sp³-hybridized carbons (Fsp3) is 0.261. The van der Waals surface area contributed by atoms with E-state index in [1.807, 2.05) is 36.4 Å². The molecule has 0 saturated heterocycles. The Hall–Kier alpha value is -3.41. The SMILES string of the molecule is CCCCNC(=O)c1ccc(CNC(=O)c2ccc3cc(OC)ccc3n2)cc1. The first-order valence-corrected chi connectivity index (χ1v) is 9.71. The predicted molar refractivity (Wildman–Crippen MR) is 113 cm³/mol. The van der Waals surface area contributed by atoms with E-state index in [4.69, 9.17) is 4.74 Å². The van der Waals surface area contributed by atoms with Crippen LogP contribution in [0.1, 0.15) is 46.2 Å². The molecule has 0 saturated carbocycles. The standard InChI is InChI=1S/C23H25N3O3/c1-3-4-13-24-22(27)17-7-5-16(6-8-17)15-25-23(28)21-11-9-18-14-19(29-2)10-12-20(18)26-21/h5-12,14H,3-4,13,15H2,1-2H3,(H,24,27)(H,25,28). The van der Waals surface area contributed by atoms with Crippen LogP contribution >= 0.6 is 0 Å². The molecule has 1 aromatic heterocycles. The number of fused-ring (bicyclic) bond motifs is 1. The number of methoxy groups -OCH3 is 1. The molecule has 0 aliphatic carbocycles. The Morgan fingerprint density at radius 1 is 0.966 bits per heavy atom. The van der Waals surface area contributed by atoms with Gasteiger partial charge in [0, 0.05) is 24.0 Å². The molecule has 2 amide bonds. The maximum absolute atomic E-state index is 12.4. The molecule has 2 aromatic carbocycles. The fourth-order valence-corrected chi connectivity index (χ4v) is 2.88. The molecule has 150 valence electrons. The highest BCUT2D eigenvalue weighted by Gasteiger charge is 2.09. The second-order valence-electron chi connectivity index (χ2n) is 6.74. The van der Waals surface area contributed by atoms with Crippen molar-refractivity contribution in [3.8, 4) is 5.75 Å². The smallest absolute Gasteiger partial charge is 0.270 e. The molecule has 6 nitrogen and oxygen atoms in total. The minimum atomic E-state index is -0.246. The van der Waals surface area contributed by atoms with Gasteiger partial charge in [0.1, 0.15) is 11.4 Å². The number of carbonyl (C=O) groups excluding carboxylic acids is 2. The highest BCUT2D eigenvalue weighted by atomic mass is 16.5. The van der Waals surface area contributed by atoms with Gasteiger partial charge < -0.3 is 15.4 Å². The van der Waals surface area contributed by atoms with Crippen LogP contribution < -0.4 is 15.4 Å². The Bertz CT molecular complexity index is 1000.